The van der Waals surface area contributed by atoms with E-state index in [2.05, 4.69) is 4.90 Å². The molecule has 1 unspecified atom stereocenters. The molecular weight excluding hydrogens is 148 g/mol. The molecule has 0 radical (unpaired) electrons. The zero-order valence-electron chi connectivity index (χ0n) is 7.84. The van der Waals surface area contributed by atoms with Gasteiger partial charge in [-0.15, -0.1) is 0 Å². The van der Waals surface area contributed by atoms with Crippen LogP contribution in [0, 0.1) is 5.92 Å². The lowest BCUT2D eigenvalue weighted by Crippen LogP contribution is -2.32. The first-order valence-corrected chi connectivity index (χ1v) is 5.34. The van der Waals surface area contributed by atoms with Crippen LogP contribution in [0.5, 0.6) is 0 Å². The van der Waals surface area contributed by atoms with Gasteiger partial charge < -0.3 is 10.6 Å². The second kappa shape index (κ2) is 3.75. The number of nitrogens with two attached hydrogens (primary N) is 1. The van der Waals surface area contributed by atoms with Crippen molar-refractivity contribution in [1.29, 1.82) is 0 Å². The van der Waals surface area contributed by atoms with Crippen LogP contribution in [0.2, 0.25) is 0 Å². The third-order valence-corrected chi connectivity index (χ3v) is 3.19. The van der Waals surface area contributed by atoms with Crippen LogP contribution in [0.15, 0.2) is 0 Å². The summed E-state index contributed by atoms with van der Waals surface area (Å²) in [7, 11) is 0. The first kappa shape index (κ1) is 8.52. The van der Waals surface area contributed by atoms with Crippen molar-refractivity contribution in [2.24, 2.45) is 11.7 Å². The zero-order chi connectivity index (χ0) is 8.39. The number of hydrogen-bond donors (Lipinski definition) is 1. The molecule has 70 valence electrons. The molecule has 2 rings (SSSR count). The van der Waals surface area contributed by atoms with E-state index in [1.165, 1.54) is 45.2 Å². The molecule has 2 heteroatoms. The minimum absolute atomic E-state index is 0.829. The molecule has 2 N–H and O–H groups in total. The maximum Gasteiger partial charge on any atom is 0.0108 e. The molecule has 0 aromatic heterocycles. The third-order valence-electron chi connectivity index (χ3n) is 3.19. The number of rotatable bonds is 4. The molecule has 1 aliphatic heterocycles. The van der Waals surface area contributed by atoms with Crippen LogP contribution in [0.3, 0.4) is 0 Å². The highest BCUT2D eigenvalue weighted by molar-refractivity contribution is 4.85. The minimum Gasteiger partial charge on any atom is -0.330 e. The molecule has 0 spiro atoms. The molecule has 1 atom stereocenters. The Bertz CT molecular complexity index is 143. The van der Waals surface area contributed by atoms with Gasteiger partial charge in [0.1, 0.15) is 0 Å². The molecule has 2 aliphatic rings. The second-order valence-electron chi connectivity index (χ2n) is 4.31. The molecule has 2 nitrogen and oxygen atoms in total. The van der Waals surface area contributed by atoms with Crippen molar-refractivity contribution in [3.63, 3.8) is 0 Å². The van der Waals surface area contributed by atoms with Gasteiger partial charge in [-0.3, -0.25) is 0 Å². The van der Waals surface area contributed by atoms with Crippen LogP contribution >= 0.6 is 0 Å². The van der Waals surface area contributed by atoms with Gasteiger partial charge in [0.25, 0.3) is 0 Å². The van der Waals surface area contributed by atoms with E-state index in [0.717, 1.165) is 18.5 Å². The Labute approximate surface area is 75.1 Å². The van der Waals surface area contributed by atoms with Gasteiger partial charge >= 0.3 is 0 Å². The highest BCUT2D eigenvalue weighted by atomic mass is 15.2. The summed E-state index contributed by atoms with van der Waals surface area (Å²) < 4.78 is 0. The van der Waals surface area contributed by atoms with E-state index in [0.29, 0.717) is 0 Å². The predicted octanol–water partition coefficient (Wildman–Crippen LogP) is 1.21. The fourth-order valence-corrected chi connectivity index (χ4v) is 2.29. The Morgan fingerprint density at radius 1 is 1.25 bits per heavy atom. The summed E-state index contributed by atoms with van der Waals surface area (Å²) in [5.74, 6) is 1.04. The van der Waals surface area contributed by atoms with Gasteiger partial charge in [0.15, 0.2) is 0 Å². The molecule has 1 saturated carbocycles. The quantitative estimate of drug-likeness (QED) is 0.683. The van der Waals surface area contributed by atoms with Crippen LogP contribution in [0.1, 0.15) is 32.1 Å². The Morgan fingerprint density at radius 2 is 2.08 bits per heavy atom. The summed E-state index contributed by atoms with van der Waals surface area (Å²) in [5.41, 5.74) is 5.59. The Hall–Kier alpha value is -0.0800. The van der Waals surface area contributed by atoms with Gasteiger partial charge in [0.05, 0.1) is 0 Å². The van der Waals surface area contributed by atoms with Crippen LogP contribution in [0.25, 0.3) is 0 Å². The van der Waals surface area contributed by atoms with Crippen LogP contribution in [-0.4, -0.2) is 30.6 Å². The maximum atomic E-state index is 5.59. The molecule has 1 saturated heterocycles. The zero-order valence-corrected chi connectivity index (χ0v) is 7.84. The SMILES string of the molecule is NCCC1CCCN1CC1CC1. The predicted molar refractivity (Wildman–Crippen MR) is 51.0 cm³/mol. The van der Waals surface area contributed by atoms with Crippen molar-refractivity contribution in [2.75, 3.05) is 19.6 Å². The standard InChI is InChI=1S/C10H20N2/c11-6-5-10-2-1-7-12(10)8-9-3-4-9/h9-10H,1-8,11H2. The van der Waals surface area contributed by atoms with E-state index in [9.17, 15) is 0 Å². The summed E-state index contributed by atoms with van der Waals surface area (Å²) in [4.78, 5) is 2.67. The van der Waals surface area contributed by atoms with E-state index >= 15 is 0 Å². The Kier molecular flexibility index (Phi) is 2.66. The van der Waals surface area contributed by atoms with Gasteiger partial charge in [-0.2, -0.15) is 0 Å². The normalized spacial score (nSPS) is 31.2. The van der Waals surface area contributed by atoms with Crippen LogP contribution in [-0.2, 0) is 0 Å². The lowest BCUT2D eigenvalue weighted by atomic mass is 10.1. The van der Waals surface area contributed by atoms with Crippen molar-refractivity contribution in [3.8, 4) is 0 Å². The molecule has 0 bridgehead atoms. The summed E-state index contributed by atoms with van der Waals surface area (Å²) in [5, 5.41) is 0. The fourth-order valence-electron chi connectivity index (χ4n) is 2.29. The molecular formula is C10H20N2. The lowest BCUT2D eigenvalue weighted by molar-refractivity contribution is 0.235. The average Bonchev–Trinajstić information content (AvgIpc) is 2.76. The van der Waals surface area contributed by atoms with Gasteiger partial charge in [-0.25, -0.2) is 0 Å². The maximum absolute atomic E-state index is 5.59. The van der Waals surface area contributed by atoms with E-state index in [-0.39, 0.29) is 0 Å². The summed E-state index contributed by atoms with van der Waals surface area (Å²) in [6.07, 6.45) is 6.96. The van der Waals surface area contributed by atoms with E-state index in [4.69, 9.17) is 5.73 Å². The van der Waals surface area contributed by atoms with E-state index < -0.39 is 0 Å². The largest absolute Gasteiger partial charge is 0.330 e. The molecule has 2 fully saturated rings. The van der Waals surface area contributed by atoms with Crippen molar-refractivity contribution in [3.05, 3.63) is 0 Å². The minimum atomic E-state index is 0.829. The highest BCUT2D eigenvalue weighted by Crippen LogP contribution is 2.32. The number of nitrogens with zero attached hydrogens (tertiary/aromatic N) is 1. The first-order chi connectivity index (χ1) is 5.90. The molecule has 12 heavy (non-hydrogen) atoms. The summed E-state index contributed by atoms with van der Waals surface area (Å²) in [6, 6.07) is 0.829. The van der Waals surface area contributed by atoms with Gasteiger partial charge in [-0.1, -0.05) is 0 Å². The third kappa shape index (κ3) is 1.99. The van der Waals surface area contributed by atoms with Crippen molar-refractivity contribution in [1.82, 2.24) is 4.90 Å². The highest BCUT2D eigenvalue weighted by Gasteiger charge is 2.30. The smallest absolute Gasteiger partial charge is 0.0108 e. The van der Waals surface area contributed by atoms with Crippen LogP contribution < -0.4 is 5.73 Å². The topological polar surface area (TPSA) is 29.3 Å². The first-order valence-electron chi connectivity index (χ1n) is 5.34. The van der Waals surface area contributed by atoms with Crippen molar-refractivity contribution < 1.29 is 0 Å². The summed E-state index contributed by atoms with van der Waals surface area (Å²) in [6.45, 7) is 3.57. The number of likely N-dealkylation sites (tertiary alicyclic amines) is 1. The van der Waals surface area contributed by atoms with Crippen molar-refractivity contribution in [2.45, 2.75) is 38.1 Å². The molecule has 1 aliphatic carbocycles. The average molecular weight is 168 g/mol. The fraction of sp³-hybridized carbons (Fsp3) is 1.00. The van der Waals surface area contributed by atoms with Gasteiger partial charge in [0, 0.05) is 12.6 Å². The summed E-state index contributed by atoms with van der Waals surface area (Å²) >= 11 is 0. The van der Waals surface area contributed by atoms with E-state index in [1.807, 2.05) is 0 Å². The van der Waals surface area contributed by atoms with Crippen molar-refractivity contribution >= 4 is 0 Å². The monoisotopic (exact) mass is 168 g/mol. The van der Waals surface area contributed by atoms with Crippen LogP contribution in [0.4, 0.5) is 0 Å². The number of hydrogen-bond acceptors (Lipinski definition) is 2. The molecule has 0 aromatic rings. The second-order valence-corrected chi connectivity index (χ2v) is 4.31. The van der Waals surface area contributed by atoms with Gasteiger partial charge in [0.2, 0.25) is 0 Å². The molecule has 0 amide bonds. The van der Waals surface area contributed by atoms with Gasteiger partial charge in [-0.05, 0) is 51.1 Å². The Morgan fingerprint density at radius 3 is 2.75 bits per heavy atom. The Balaban J connectivity index is 1.76. The molecule has 1 heterocycles. The molecule has 0 aromatic carbocycles. The lowest BCUT2D eigenvalue weighted by Gasteiger charge is -2.23. The van der Waals surface area contributed by atoms with E-state index in [1.54, 1.807) is 0 Å².